The lowest BCUT2D eigenvalue weighted by Crippen LogP contribution is -2.02. The maximum absolute atomic E-state index is 6.37. The first-order valence-electron chi connectivity index (χ1n) is 7.18. The van der Waals surface area contributed by atoms with Gasteiger partial charge in [0.15, 0.2) is 0 Å². The topological polar surface area (TPSA) is 17.8 Å². The molecule has 0 bridgehead atoms. The van der Waals surface area contributed by atoms with Crippen LogP contribution >= 0.6 is 11.6 Å². The van der Waals surface area contributed by atoms with E-state index in [9.17, 15) is 0 Å². The van der Waals surface area contributed by atoms with Gasteiger partial charge in [-0.05, 0) is 62.6 Å². The summed E-state index contributed by atoms with van der Waals surface area (Å²) in [5.74, 6) is 0.893. The van der Waals surface area contributed by atoms with Gasteiger partial charge in [0.25, 0.3) is 0 Å². The van der Waals surface area contributed by atoms with Crippen LogP contribution in [0.4, 0.5) is 0 Å². The Bertz CT molecular complexity index is 815. The lowest BCUT2D eigenvalue weighted by atomic mass is 10.1. The van der Waals surface area contributed by atoms with E-state index in [-0.39, 0.29) is 5.38 Å². The molecule has 0 spiro atoms. The summed E-state index contributed by atoms with van der Waals surface area (Å²) in [4.78, 5) is 4.77. The molecule has 1 atom stereocenters. The van der Waals surface area contributed by atoms with E-state index in [4.69, 9.17) is 16.6 Å². The molecule has 21 heavy (non-hydrogen) atoms. The number of rotatable bonds is 2. The standard InChI is InChI=1S/C18H19ClN2/c1-11-8-9-15(10-13(11)3)21-16-7-5-6-12(2)17(16)20-18(21)14(4)19/h5-10,14H,1-4H3. The fourth-order valence-electron chi connectivity index (χ4n) is 2.66. The number of fused-ring (bicyclic) bond motifs is 1. The number of halogens is 1. The molecule has 1 aromatic heterocycles. The summed E-state index contributed by atoms with van der Waals surface area (Å²) in [6, 6.07) is 12.7. The minimum absolute atomic E-state index is 0.140. The molecule has 0 saturated carbocycles. The van der Waals surface area contributed by atoms with Crippen molar-refractivity contribution in [3.8, 4) is 5.69 Å². The van der Waals surface area contributed by atoms with Crippen LogP contribution in [0, 0.1) is 20.8 Å². The van der Waals surface area contributed by atoms with Gasteiger partial charge in [0.2, 0.25) is 0 Å². The molecule has 3 heteroatoms. The maximum atomic E-state index is 6.37. The Balaban J connectivity index is 2.36. The van der Waals surface area contributed by atoms with Crippen LogP contribution in [0.25, 0.3) is 16.7 Å². The Morgan fingerprint density at radius 3 is 2.43 bits per heavy atom. The first-order chi connectivity index (χ1) is 9.99. The summed E-state index contributed by atoms with van der Waals surface area (Å²) >= 11 is 6.37. The second-order valence-corrected chi connectivity index (χ2v) is 6.29. The zero-order chi connectivity index (χ0) is 15.1. The maximum Gasteiger partial charge on any atom is 0.132 e. The van der Waals surface area contributed by atoms with E-state index in [0.717, 1.165) is 22.5 Å². The van der Waals surface area contributed by atoms with Crippen molar-refractivity contribution in [3.05, 3.63) is 58.9 Å². The number of alkyl halides is 1. The van der Waals surface area contributed by atoms with Crippen LogP contribution in [0.15, 0.2) is 36.4 Å². The average Bonchev–Trinajstić information content (AvgIpc) is 2.83. The predicted molar refractivity (Wildman–Crippen MR) is 89.5 cm³/mol. The number of hydrogen-bond acceptors (Lipinski definition) is 1. The summed E-state index contributed by atoms with van der Waals surface area (Å²) < 4.78 is 2.17. The number of nitrogens with zero attached hydrogens (tertiary/aromatic N) is 2. The number of aryl methyl sites for hydroxylation is 3. The third-order valence-corrected chi connectivity index (χ3v) is 4.21. The molecule has 0 radical (unpaired) electrons. The molecule has 1 heterocycles. The van der Waals surface area contributed by atoms with Crippen molar-refractivity contribution < 1.29 is 0 Å². The van der Waals surface area contributed by atoms with Crippen molar-refractivity contribution in [2.75, 3.05) is 0 Å². The quantitative estimate of drug-likeness (QED) is 0.591. The number of benzene rings is 2. The summed E-state index contributed by atoms with van der Waals surface area (Å²) in [6.45, 7) is 8.31. The average molecular weight is 299 g/mol. The minimum Gasteiger partial charge on any atom is -0.295 e. The van der Waals surface area contributed by atoms with Gasteiger partial charge in [-0.1, -0.05) is 18.2 Å². The van der Waals surface area contributed by atoms with Gasteiger partial charge < -0.3 is 0 Å². The van der Waals surface area contributed by atoms with E-state index in [1.807, 2.05) is 6.92 Å². The van der Waals surface area contributed by atoms with Crippen LogP contribution < -0.4 is 0 Å². The second kappa shape index (κ2) is 5.19. The number of imidazole rings is 1. The SMILES string of the molecule is Cc1ccc(-n2c(C(C)Cl)nc3c(C)cccc32)cc1C. The Hall–Kier alpha value is -1.80. The molecule has 0 aliphatic heterocycles. The molecule has 1 unspecified atom stereocenters. The largest absolute Gasteiger partial charge is 0.295 e. The van der Waals surface area contributed by atoms with E-state index in [0.29, 0.717) is 0 Å². The van der Waals surface area contributed by atoms with E-state index in [1.165, 1.54) is 16.7 Å². The van der Waals surface area contributed by atoms with E-state index in [2.05, 4.69) is 61.7 Å². The third kappa shape index (κ3) is 2.34. The monoisotopic (exact) mass is 298 g/mol. The smallest absolute Gasteiger partial charge is 0.132 e. The molecular weight excluding hydrogens is 280 g/mol. The lowest BCUT2D eigenvalue weighted by Gasteiger charge is -2.12. The number of aromatic nitrogens is 2. The molecule has 108 valence electrons. The zero-order valence-electron chi connectivity index (χ0n) is 12.8. The van der Waals surface area contributed by atoms with Crippen LogP contribution in [-0.4, -0.2) is 9.55 Å². The molecule has 0 saturated heterocycles. The Labute approximate surface area is 130 Å². The Morgan fingerprint density at radius 1 is 1.00 bits per heavy atom. The molecule has 0 fully saturated rings. The highest BCUT2D eigenvalue weighted by molar-refractivity contribution is 6.20. The molecular formula is C18H19ClN2. The molecule has 2 aromatic carbocycles. The number of hydrogen-bond donors (Lipinski definition) is 0. The van der Waals surface area contributed by atoms with E-state index >= 15 is 0 Å². The summed E-state index contributed by atoms with van der Waals surface area (Å²) in [5, 5.41) is -0.140. The molecule has 0 aliphatic rings. The predicted octanol–water partition coefficient (Wildman–Crippen LogP) is 5.25. The van der Waals surface area contributed by atoms with Crippen LogP contribution in [0.2, 0.25) is 0 Å². The van der Waals surface area contributed by atoms with E-state index < -0.39 is 0 Å². The molecule has 3 rings (SSSR count). The van der Waals surface area contributed by atoms with Gasteiger partial charge in [-0.25, -0.2) is 4.98 Å². The molecule has 0 N–H and O–H groups in total. The Kier molecular flexibility index (Phi) is 3.50. The van der Waals surface area contributed by atoms with Crippen molar-refractivity contribution in [1.29, 1.82) is 0 Å². The van der Waals surface area contributed by atoms with Gasteiger partial charge in [0.1, 0.15) is 5.82 Å². The minimum atomic E-state index is -0.140. The lowest BCUT2D eigenvalue weighted by molar-refractivity contribution is 0.881. The second-order valence-electron chi connectivity index (χ2n) is 5.63. The first kappa shape index (κ1) is 14.2. The fourth-order valence-corrected chi connectivity index (χ4v) is 2.81. The zero-order valence-corrected chi connectivity index (χ0v) is 13.6. The molecule has 3 aromatic rings. The fraction of sp³-hybridized carbons (Fsp3) is 0.278. The van der Waals surface area contributed by atoms with Crippen molar-refractivity contribution in [2.45, 2.75) is 33.1 Å². The van der Waals surface area contributed by atoms with Gasteiger partial charge in [-0.3, -0.25) is 4.57 Å². The van der Waals surface area contributed by atoms with Crippen LogP contribution in [0.5, 0.6) is 0 Å². The van der Waals surface area contributed by atoms with Gasteiger partial charge in [-0.2, -0.15) is 0 Å². The molecule has 0 aliphatic carbocycles. The van der Waals surface area contributed by atoms with Crippen molar-refractivity contribution >= 4 is 22.6 Å². The van der Waals surface area contributed by atoms with Crippen molar-refractivity contribution in [1.82, 2.24) is 9.55 Å². The van der Waals surface area contributed by atoms with Gasteiger partial charge in [0, 0.05) is 5.69 Å². The highest BCUT2D eigenvalue weighted by Crippen LogP contribution is 2.30. The summed E-state index contributed by atoms with van der Waals surface area (Å²) in [6.07, 6.45) is 0. The number of para-hydroxylation sites is 1. The first-order valence-corrected chi connectivity index (χ1v) is 7.62. The van der Waals surface area contributed by atoms with Gasteiger partial charge in [0.05, 0.1) is 16.4 Å². The summed E-state index contributed by atoms with van der Waals surface area (Å²) in [7, 11) is 0. The summed E-state index contributed by atoms with van der Waals surface area (Å²) in [5.41, 5.74) is 7.00. The van der Waals surface area contributed by atoms with Crippen LogP contribution in [0.3, 0.4) is 0 Å². The van der Waals surface area contributed by atoms with E-state index in [1.54, 1.807) is 0 Å². The van der Waals surface area contributed by atoms with Crippen molar-refractivity contribution in [2.24, 2.45) is 0 Å². The van der Waals surface area contributed by atoms with Crippen molar-refractivity contribution in [3.63, 3.8) is 0 Å². The molecule has 2 nitrogen and oxygen atoms in total. The third-order valence-electron chi connectivity index (χ3n) is 4.02. The molecule has 0 amide bonds. The van der Waals surface area contributed by atoms with Crippen LogP contribution in [-0.2, 0) is 0 Å². The van der Waals surface area contributed by atoms with Gasteiger partial charge in [-0.15, -0.1) is 11.6 Å². The van der Waals surface area contributed by atoms with Crippen LogP contribution in [0.1, 0.15) is 34.8 Å². The normalized spacial score (nSPS) is 12.8. The Morgan fingerprint density at radius 2 is 1.76 bits per heavy atom. The highest BCUT2D eigenvalue weighted by atomic mass is 35.5. The van der Waals surface area contributed by atoms with Gasteiger partial charge >= 0.3 is 0 Å². The highest BCUT2D eigenvalue weighted by Gasteiger charge is 2.17.